The molecule has 0 aromatic carbocycles. The molecular weight excluding hydrogens is 236 g/mol. The smallest absolute Gasteiger partial charge is 0.375 e. The van der Waals surface area contributed by atoms with E-state index in [0.29, 0.717) is 18.0 Å². The largest absolute Gasteiger partial charge is 0.481 e. The number of carbonyl (C=O) groups is 1. The van der Waals surface area contributed by atoms with E-state index in [1.807, 2.05) is 0 Å². The molecule has 3 rings (SSSR count). The van der Waals surface area contributed by atoms with Gasteiger partial charge in [-0.3, -0.25) is 4.90 Å². The van der Waals surface area contributed by atoms with Gasteiger partial charge >= 0.3 is 5.97 Å². The van der Waals surface area contributed by atoms with Gasteiger partial charge in [0.15, 0.2) is 5.75 Å². The van der Waals surface area contributed by atoms with Gasteiger partial charge in [0, 0.05) is 6.54 Å². The molecule has 98 valence electrons. The summed E-state index contributed by atoms with van der Waals surface area (Å²) in [6.45, 7) is 3.71. The van der Waals surface area contributed by atoms with E-state index in [9.17, 15) is 4.79 Å². The predicted molar refractivity (Wildman–Crippen MR) is 64.2 cm³/mol. The molecule has 0 aliphatic carbocycles. The number of rotatable bonds is 3. The molecule has 0 saturated carbocycles. The molecule has 1 aromatic heterocycles. The summed E-state index contributed by atoms with van der Waals surface area (Å²) in [6.07, 6.45) is 3.84. The standard InChI is InChI=1S/C12H16N2O4/c15-12(16)11-10-9(7-17-11)13-5-8(18-10)6-14-3-1-2-4-14/h7-8,13H,1-6H2,(H,15,16). The minimum atomic E-state index is -1.10. The first-order chi connectivity index (χ1) is 8.74. The number of hydrogen-bond acceptors (Lipinski definition) is 5. The van der Waals surface area contributed by atoms with Gasteiger partial charge in [0.1, 0.15) is 18.1 Å². The fraction of sp³-hybridized carbons (Fsp3) is 0.583. The number of nitrogens with zero attached hydrogens (tertiary/aromatic N) is 1. The topological polar surface area (TPSA) is 74.9 Å². The Morgan fingerprint density at radius 1 is 1.50 bits per heavy atom. The molecule has 1 fully saturated rings. The number of hydrogen-bond donors (Lipinski definition) is 2. The number of ether oxygens (including phenoxy) is 1. The lowest BCUT2D eigenvalue weighted by Gasteiger charge is -2.28. The quantitative estimate of drug-likeness (QED) is 0.843. The zero-order chi connectivity index (χ0) is 12.5. The van der Waals surface area contributed by atoms with Crippen molar-refractivity contribution in [1.82, 2.24) is 4.90 Å². The Labute approximate surface area is 105 Å². The maximum Gasteiger partial charge on any atom is 0.375 e. The number of anilines is 1. The summed E-state index contributed by atoms with van der Waals surface area (Å²) in [6, 6.07) is 0. The van der Waals surface area contributed by atoms with Crippen LogP contribution in [0.4, 0.5) is 5.69 Å². The number of fused-ring (bicyclic) bond motifs is 1. The second-order valence-electron chi connectivity index (χ2n) is 4.74. The van der Waals surface area contributed by atoms with Crippen LogP contribution in [0.1, 0.15) is 23.4 Å². The Hall–Kier alpha value is -1.69. The molecule has 3 heterocycles. The summed E-state index contributed by atoms with van der Waals surface area (Å²) in [7, 11) is 0. The zero-order valence-electron chi connectivity index (χ0n) is 10.0. The number of likely N-dealkylation sites (tertiary alicyclic amines) is 1. The van der Waals surface area contributed by atoms with E-state index < -0.39 is 5.97 Å². The average molecular weight is 252 g/mol. The highest BCUT2D eigenvalue weighted by Gasteiger charge is 2.29. The lowest BCUT2D eigenvalue weighted by Crippen LogP contribution is -2.40. The fourth-order valence-corrected chi connectivity index (χ4v) is 2.52. The van der Waals surface area contributed by atoms with Gasteiger partial charge in [-0.1, -0.05) is 0 Å². The molecule has 1 atom stereocenters. The van der Waals surface area contributed by atoms with Crippen LogP contribution in [0, 0.1) is 0 Å². The first kappa shape index (κ1) is 11.4. The van der Waals surface area contributed by atoms with Crippen LogP contribution < -0.4 is 10.1 Å². The van der Waals surface area contributed by atoms with Gasteiger partial charge in [0.25, 0.3) is 5.76 Å². The fourth-order valence-electron chi connectivity index (χ4n) is 2.52. The summed E-state index contributed by atoms with van der Waals surface area (Å²) in [4.78, 5) is 13.3. The van der Waals surface area contributed by atoms with Crippen LogP contribution in [-0.4, -0.2) is 48.3 Å². The third-order valence-corrected chi connectivity index (χ3v) is 3.40. The lowest BCUT2D eigenvalue weighted by molar-refractivity contribution is 0.0649. The van der Waals surface area contributed by atoms with Gasteiger partial charge < -0.3 is 19.6 Å². The predicted octanol–water partition coefficient (Wildman–Crippen LogP) is 1.25. The van der Waals surface area contributed by atoms with Crippen molar-refractivity contribution in [3.63, 3.8) is 0 Å². The maximum absolute atomic E-state index is 11.0. The van der Waals surface area contributed by atoms with Crippen LogP contribution in [0.5, 0.6) is 5.75 Å². The number of nitrogens with one attached hydrogen (secondary N) is 1. The van der Waals surface area contributed by atoms with E-state index in [1.165, 1.54) is 19.1 Å². The maximum atomic E-state index is 11.0. The molecule has 0 bridgehead atoms. The molecule has 6 nitrogen and oxygen atoms in total. The summed E-state index contributed by atoms with van der Waals surface area (Å²) in [5.41, 5.74) is 0.630. The van der Waals surface area contributed by atoms with E-state index in [0.717, 1.165) is 19.6 Å². The highest BCUT2D eigenvalue weighted by Crippen LogP contribution is 2.35. The van der Waals surface area contributed by atoms with Crippen LogP contribution in [0.25, 0.3) is 0 Å². The van der Waals surface area contributed by atoms with Gasteiger partial charge in [-0.2, -0.15) is 0 Å². The highest BCUT2D eigenvalue weighted by molar-refractivity contribution is 5.90. The Morgan fingerprint density at radius 3 is 3.00 bits per heavy atom. The SMILES string of the molecule is O=C(O)c1occ2c1OC(CN1CCCC1)CN2. The number of aromatic carboxylic acids is 1. The van der Waals surface area contributed by atoms with Crippen molar-refractivity contribution in [3.8, 4) is 5.75 Å². The van der Waals surface area contributed by atoms with Crippen LogP contribution in [0.15, 0.2) is 10.7 Å². The molecule has 2 N–H and O–H groups in total. The number of carboxylic acids is 1. The minimum absolute atomic E-state index is 0.0219. The first-order valence-corrected chi connectivity index (χ1v) is 6.21. The van der Waals surface area contributed by atoms with Crippen LogP contribution >= 0.6 is 0 Å². The third kappa shape index (κ3) is 2.03. The molecule has 2 aliphatic rings. The van der Waals surface area contributed by atoms with Crippen molar-refractivity contribution in [1.29, 1.82) is 0 Å². The second-order valence-corrected chi connectivity index (χ2v) is 4.74. The zero-order valence-corrected chi connectivity index (χ0v) is 10.0. The van der Waals surface area contributed by atoms with E-state index >= 15 is 0 Å². The van der Waals surface area contributed by atoms with Gasteiger partial charge in [-0.25, -0.2) is 4.79 Å². The van der Waals surface area contributed by atoms with Gasteiger partial charge in [0.2, 0.25) is 0 Å². The van der Waals surface area contributed by atoms with E-state index in [4.69, 9.17) is 14.3 Å². The van der Waals surface area contributed by atoms with E-state index in [-0.39, 0.29) is 11.9 Å². The second kappa shape index (κ2) is 4.53. The van der Waals surface area contributed by atoms with Crippen molar-refractivity contribution < 1.29 is 19.1 Å². The van der Waals surface area contributed by atoms with Gasteiger partial charge in [-0.15, -0.1) is 0 Å². The van der Waals surface area contributed by atoms with Gasteiger partial charge in [0.05, 0.1) is 6.54 Å². The van der Waals surface area contributed by atoms with Crippen molar-refractivity contribution in [2.24, 2.45) is 0 Å². The molecule has 2 aliphatic heterocycles. The minimum Gasteiger partial charge on any atom is -0.481 e. The lowest BCUT2D eigenvalue weighted by atomic mass is 10.2. The summed E-state index contributed by atoms with van der Waals surface area (Å²) < 4.78 is 10.7. The number of carboxylic acid groups (broad SMARTS) is 1. The molecule has 6 heteroatoms. The molecule has 0 spiro atoms. The monoisotopic (exact) mass is 252 g/mol. The molecule has 1 saturated heterocycles. The average Bonchev–Trinajstić information content (AvgIpc) is 2.97. The third-order valence-electron chi connectivity index (χ3n) is 3.40. The van der Waals surface area contributed by atoms with Crippen LogP contribution in [0.3, 0.4) is 0 Å². The molecule has 0 radical (unpaired) electrons. The summed E-state index contributed by atoms with van der Waals surface area (Å²) in [5.74, 6) is -0.888. The van der Waals surface area contributed by atoms with Gasteiger partial charge in [-0.05, 0) is 25.9 Å². The molecule has 1 aromatic rings. The molecule has 18 heavy (non-hydrogen) atoms. The summed E-state index contributed by atoms with van der Waals surface area (Å²) in [5, 5.41) is 12.1. The van der Waals surface area contributed by atoms with Crippen LogP contribution in [0.2, 0.25) is 0 Å². The summed E-state index contributed by atoms with van der Waals surface area (Å²) >= 11 is 0. The van der Waals surface area contributed by atoms with Crippen molar-refractivity contribution in [2.45, 2.75) is 18.9 Å². The van der Waals surface area contributed by atoms with Crippen molar-refractivity contribution in [2.75, 3.05) is 31.5 Å². The first-order valence-electron chi connectivity index (χ1n) is 6.21. The van der Waals surface area contributed by atoms with Crippen molar-refractivity contribution >= 4 is 11.7 Å². The Balaban J connectivity index is 1.71. The number of furan rings is 1. The highest BCUT2D eigenvalue weighted by atomic mass is 16.5. The normalized spacial score (nSPS) is 23.2. The Morgan fingerprint density at radius 2 is 2.28 bits per heavy atom. The molecular formula is C12H16N2O4. The molecule has 1 unspecified atom stereocenters. The van der Waals surface area contributed by atoms with E-state index in [1.54, 1.807) is 0 Å². The van der Waals surface area contributed by atoms with Crippen LogP contribution in [-0.2, 0) is 0 Å². The molecule has 0 amide bonds. The van der Waals surface area contributed by atoms with Crippen molar-refractivity contribution in [3.05, 3.63) is 12.0 Å². The Kier molecular flexibility index (Phi) is 2.87. The van der Waals surface area contributed by atoms with E-state index in [2.05, 4.69) is 10.2 Å². The Bertz CT molecular complexity index is 451.